The molecule has 4 nitrogen and oxygen atoms in total. The van der Waals surface area contributed by atoms with Gasteiger partial charge in [-0.15, -0.1) is 5.10 Å². The SMILES string of the molecule is CCNCc1nnc(Oc2ccc(C)cc2C)s1. The van der Waals surface area contributed by atoms with Gasteiger partial charge >= 0.3 is 0 Å². The molecule has 0 atom stereocenters. The van der Waals surface area contributed by atoms with Gasteiger partial charge in [0.15, 0.2) is 0 Å². The molecular weight excluding hydrogens is 246 g/mol. The van der Waals surface area contributed by atoms with Gasteiger partial charge in [-0.3, -0.25) is 0 Å². The van der Waals surface area contributed by atoms with E-state index in [9.17, 15) is 0 Å². The average molecular weight is 263 g/mol. The maximum Gasteiger partial charge on any atom is 0.299 e. The molecule has 1 N–H and O–H groups in total. The molecule has 1 aromatic heterocycles. The standard InChI is InChI=1S/C13H17N3OS/c1-4-14-8-12-15-16-13(18-12)17-11-6-5-9(2)7-10(11)3/h5-7,14H,4,8H2,1-3H3. The van der Waals surface area contributed by atoms with Crippen molar-refractivity contribution in [3.05, 3.63) is 34.3 Å². The molecule has 0 fully saturated rings. The first-order valence-electron chi connectivity index (χ1n) is 5.97. The summed E-state index contributed by atoms with van der Waals surface area (Å²) in [6.07, 6.45) is 0. The molecule has 0 spiro atoms. The molecule has 1 heterocycles. The van der Waals surface area contributed by atoms with Crippen molar-refractivity contribution in [2.75, 3.05) is 6.54 Å². The van der Waals surface area contributed by atoms with E-state index in [1.165, 1.54) is 16.9 Å². The summed E-state index contributed by atoms with van der Waals surface area (Å²) in [5.74, 6) is 0.840. The highest BCUT2D eigenvalue weighted by Crippen LogP contribution is 2.27. The van der Waals surface area contributed by atoms with Crippen LogP contribution in [0.3, 0.4) is 0 Å². The minimum absolute atomic E-state index is 0.592. The second kappa shape index (κ2) is 5.93. The van der Waals surface area contributed by atoms with Crippen LogP contribution < -0.4 is 10.1 Å². The van der Waals surface area contributed by atoms with Crippen molar-refractivity contribution in [1.29, 1.82) is 0 Å². The summed E-state index contributed by atoms with van der Waals surface area (Å²) in [6.45, 7) is 7.82. The Kier molecular flexibility index (Phi) is 4.28. The van der Waals surface area contributed by atoms with Crippen LogP contribution in [0, 0.1) is 13.8 Å². The van der Waals surface area contributed by atoms with Crippen LogP contribution in [-0.4, -0.2) is 16.7 Å². The van der Waals surface area contributed by atoms with E-state index in [0.717, 1.165) is 29.4 Å². The van der Waals surface area contributed by atoms with Crippen molar-refractivity contribution in [1.82, 2.24) is 15.5 Å². The molecule has 5 heteroatoms. The van der Waals surface area contributed by atoms with E-state index < -0.39 is 0 Å². The van der Waals surface area contributed by atoms with Crippen molar-refractivity contribution in [3.63, 3.8) is 0 Å². The van der Waals surface area contributed by atoms with E-state index >= 15 is 0 Å². The Balaban J connectivity index is 2.06. The highest BCUT2D eigenvalue weighted by molar-refractivity contribution is 7.13. The summed E-state index contributed by atoms with van der Waals surface area (Å²) < 4.78 is 5.74. The molecule has 0 aliphatic rings. The normalized spacial score (nSPS) is 10.6. The minimum atomic E-state index is 0.592. The Morgan fingerprint density at radius 1 is 1.28 bits per heavy atom. The maximum atomic E-state index is 5.74. The van der Waals surface area contributed by atoms with Crippen LogP contribution in [0.5, 0.6) is 10.9 Å². The number of nitrogens with one attached hydrogen (secondary N) is 1. The van der Waals surface area contributed by atoms with Gasteiger partial charge in [-0.1, -0.05) is 41.1 Å². The number of rotatable bonds is 5. The number of nitrogens with zero attached hydrogens (tertiary/aromatic N) is 2. The van der Waals surface area contributed by atoms with Crippen molar-refractivity contribution in [2.24, 2.45) is 0 Å². The first-order chi connectivity index (χ1) is 8.69. The number of ether oxygens (including phenoxy) is 1. The van der Waals surface area contributed by atoms with Crippen molar-refractivity contribution >= 4 is 11.3 Å². The lowest BCUT2D eigenvalue weighted by Gasteiger charge is -2.05. The van der Waals surface area contributed by atoms with Gasteiger partial charge in [0.2, 0.25) is 0 Å². The van der Waals surface area contributed by atoms with Gasteiger partial charge in [-0.2, -0.15) is 0 Å². The second-order valence-electron chi connectivity index (χ2n) is 4.11. The molecule has 0 radical (unpaired) electrons. The number of aryl methyl sites for hydroxylation is 2. The van der Waals surface area contributed by atoms with Crippen LogP contribution in [-0.2, 0) is 6.54 Å². The fourth-order valence-corrected chi connectivity index (χ4v) is 2.26. The largest absolute Gasteiger partial charge is 0.430 e. The topological polar surface area (TPSA) is 47.0 Å². The van der Waals surface area contributed by atoms with Gasteiger partial charge < -0.3 is 10.1 Å². The first-order valence-corrected chi connectivity index (χ1v) is 6.79. The summed E-state index contributed by atoms with van der Waals surface area (Å²) in [5, 5.41) is 12.9. The molecule has 0 saturated heterocycles. The Bertz CT molecular complexity index is 525. The van der Waals surface area contributed by atoms with E-state index in [0.29, 0.717) is 5.19 Å². The van der Waals surface area contributed by atoms with Crippen LogP contribution in [0.15, 0.2) is 18.2 Å². The number of benzene rings is 1. The molecule has 0 bridgehead atoms. The lowest BCUT2D eigenvalue weighted by atomic mass is 10.1. The number of aromatic nitrogens is 2. The van der Waals surface area contributed by atoms with Gasteiger partial charge in [-0.25, -0.2) is 0 Å². The summed E-state index contributed by atoms with van der Waals surface area (Å²) in [5.41, 5.74) is 2.34. The first kappa shape index (κ1) is 13.0. The van der Waals surface area contributed by atoms with E-state index in [1.54, 1.807) is 0 Å². The van der Waals surface area contributed by atoms with E-state index in [-0.39, 0.29) is 0 Å². The van der Waals surface area contributed by atoms with Gasteiger partial charge in [0, 0.05) is 6.54 Å². The zero-order valence-electron chi connectivity index (χ0n) is 10.9. The Morgan fingerprint density at radius 3 is 2.83 bits per heavy atom. The highest BCUT2D eigenvalue weighted by atomic mass is 32.1. The average Bonchev–Trinajstić information content (AvgIpc) is 2.78. The third kappa shape index (κ3) is 3.27. The molecule has 0 aliphatic heterocycles. The third-order valence-corrected chi connectivity index (χ3v) is 3.30. The van der Waals surface area contributed by atoms with Gasteiger partial charge in [0.1, 0.15) is 10.8 Å². The van der Waals surface area contributed by atoms with Crippen LogP contribution in [0.1, 0.15) is 23.1 Å². The molecule has 0 saturated carbocycles. The summed E-state index contributed by atoms with van der Waals surface area (Å²) in [4.78, 5) is 0. The molecule has 18 heavy (non-hydrogen) atoms. The molecule has 0 unspecified atom stereocenters. The molecule has 1 aromatic carbocycles. The molecule has 2 aromatic rings. The Morgan fingerprint density at radius 2 is 2.11 bits per heavy atom. The van der Waals surface area contributed by atoms with E-state index in [1.807, 2.05) is 19.1 Å². The lowest BCUT2D eigenvalue weighted by Crippen LogP contribution is -2.11. The van der Waals surface area contributed by atoms with Crippen molar-refractivity contribution in [2.45, 2.75) is 27.3 Å². The summed E-state index contributed by atoms with van der Waals surface area (Å²) >= 11 is 1.47. The zero-order chi connectivity index (χ0) is 13.0. The highest BCUT2D eigenvalue weighted by Gasteiger charge is 2.07. The maximum absolute atomic E-state index is 5.74. The predicted molar refractivity (Wildman–Crippen MR) is 73.3 cm³/mol. The zero-order valence-corrected chi connectivity index (χ0v) is 11.7. The number of hydrogen-bond donors (Lipinski definition) is 1. The molecular formula is C13H17N3OS. The Labute approximate surface area is 111 Å². The van der Waals surface area contributed by atoms with Gasteiger partial charge in [0.05, 0.1) is 0 Å². The molecule has 96 valence electrons. The number of hydrogen-bond acceptors (Lipinski definition) is 5. The smallest absolute Gasteiger partial charge is 0.299 e. The molecule has 2 rings (SSSR count). The monoisotopic (exact) mass is 263 g/mol. The second-order valence-corrected chi connectivity index (χ2v) is 5.14. The summed E-state index contributed by atoms with van der Waals surface area (Å²) in [7, 11) is 0. The predicted octanol–water partition coefficient (Wildman–Crippen LogP) is 3.06. The van der Waals surface area contributed by atoms with Crippen LogP contribution in [0.2, 0.25) is 0 Å². The quantitative estimate of drug-likeness (QED) is 0.900. The van der Waals surface area contributed by atoms with Gasteiger partial charge in [-0.05, 0) is 32.0 Å². The van der Waals surface area contributed by atoms with Gasteiger partial charge in [0.25, 0.3) is 5.19 Å². The van der Waals surface area contributed by atoms with Crippen LogP contribution in [0.4, 0.5) is 0 Å². The van der Waals surface area contributed by atoms with Crippen molar-refractivity contribution < 1.29 is 4.74 Å². The summed E-state index contributed by atoms with van der Waals surface area (Å²) in [6, 6.07) is 6.09. The Hall–Kier alpha value is -1.46. The fraction of sp³-hybridized carbons (Fsp3) is 0.385. The van der Waals surface area contributed by atoms with Crippen molar-refractivity contribution in [3.8, 4) is 10.9 Å². The lowest BCUT2D eigenvalue weighted by molar-refractivity contribution is 0.469. The van der Waals surface area contributed by atoms with E-state index in [2.05, 4.69) is 35.4 Å². The molecule has 0 aliphatic carbocycles. The minimum Gasteiger partial charge on any atom is -0.430 e. The van der Waals surface area contributed by atoms with E-state index in [4.69, 9.17) is 4.74 Å². The van der Waals surface area contributed by atoms with Crippen LogP contribution >= 0.6 is 11.3 Å². The van der Waals surface area contributed by atoms with Crippen LogP contribution in [0.25, 0.3) is 0 Å². The third-order valence-electron chi connectivity index (χ3n) is 2.50. The molecule has 0 amide bonds. The fourth-order valence-electron chi connectivity index (χ4n) is 1.59.